The first-order valence-corrected chi connectivity index (χ1v) is 12.5. The van der Waals surface area contributed by atoms with Crippen LogP contribution in [0.15, 0.2) is 35.8 Å². The van der Waals surface area contributed by atoms with Crippen molar-refractivity contribution < 1.29 is 4.74 Å². The van der Waals surface area contributed by atoms with Crippen LogP contribution in [0.1, 0.15) is 32.1 Å². The highest BCUT2D eigenvalue weighted by Crippen LogP contribution is 2.39. The summed E-state index contributed by atoms with van der Waals surface area (Å²) in [6.07, 6.45) is 16.4. The number of thiol groups is 1. The van der Waals surface area contributed by atoms with Gasteiger partial charge in [0, 0.05) is 62.9 Å². The van der Waals surface area contributed by atoms with Crippen molar-refractivity contribution in [2.24, 2.45) is 17.8 Å². The number of thioether (sulfide) groups is 1. The topological polar surface area (TPSA) is 24.5 Å². The second-order valence-electron chi connectivity index (χ2n) is 8.34. The lowest BCUT2D eigenvalue weighted by Gasteiger charge is -2.36. The van der Waals surface area contributed by atoms with Crippen LogP contribution in [0.4, 0.5) is 0 Å². The molecule has 0 radical (unpaired) electrons. The molecule has 3 heterocycles. The van der Waals surface area contributed by atoms with Crippen LogP contribution in [-0.4, -0.2) is 46.8 Å². The molecule has 0 aromatic carbocycles. The number of hydrogen-bond acceptors (Lipinski definition) is 4. The van der Waals surface area contributed by atoms with Gasteiger partial charge in [-0.25, -0.2) is 0 Å². The second kappa shape index (κ2) is 7.84. The zero-order chi connectivity index (χ0) is 17.3. The smallest absolute Gasteiger partial charge is 0.135 e. The molecule has 3 aliphatic heterocycles. The molecule has 3 atom stereocenters. The van der Waals surface area contributed by atoms with E-state index in [1.165, 1.54) is 62.5 Å². The van der Waals surface area contributed by atoms with Crippen LogP contribution in [0, 0.1) is 17.8 Å². The number of rotatable bonds is 5. The first-order chi connectivity index (χ1) is 12.8. The summed E-state index contributed by atoms with van der Waals surface area (Å²) in [4.78, 5) is 0. The Labute approximate surface area is 166 Å². The third kappa shape index (κ3) is 4.00. The van der Waals surface area contributed by atoms with Crippen molar-refractivity contribution in [2.45, 2.75) is 43.5 Å². The summed E-state index contributed by atoms with van der Waals surface area (Å²) in [5.41, 5.74) is 1.54. The Hall–Kier alpha value is -0.520. The van der Waals surface area contributed by atoms with Gasteiger partial charge in [0.25, 0.3) is 0 Å². The highest BCUT2D eigenvalue weighted by atomic mass is 32.2. The number of nitrogens with one attached hydrogen (secondary N) is 1. The summed E-state index contributed by atoms with van der Waals surface area (Å²) >= 11 is 3.70. The molecule has 2 saturated heterocycles. The lowest BCUT2D eigenvalue weighted by Crippen LogP contribution is -2.39. The van der Waals surface area contributed by atoms with Gasteiger partial charge in [-0.1, -0.05) is 12.2 Å². The van der Waals surface area contributed by atoms with Gasteiger partial charge in [-0.2, -0.15) is 11.8 Å². The van der Waals surface area contributed by atoms with Crippen molar-refractivity contribution in [1.29, 1.82) is 0 Å². The Bertz CT molecular complexity index is 599. The Morgan fingerprint density at radius 1 is 1.15 bits per heavy atom. The van der Waals surface area contributed by atoms with Crippen molar-refractivity contribution >= 4 is 23.7 Å². The van der Waals surface area contributed by atoms with Gasteiger partial charge in [-0.3, -0.25) is 0 Å². The van der Waals surface area contributed by atoms with Gasteiger partial charge in [-0.05, 0) is 35.9 Å². The fourth-order valence-electron chi connectivity index (χ4n) is 4.51. The van der Waals surface area contributed by atoms with Crippen LogP contribution in [0.3, 0.4) is 0 Å². The molecule has 0 bridgehead atoms. The molecule has 5 rings (SSSR count). The highest BCUT2D eigenvalue weighted by molar-refractivity contribution is 7.99. The standard InChI is InChI=1S/C21H30N2OS2/c1-2-19(1)26-23-8-4-18(5-9-23)24-21-12-17(16-6-10-25-14-16)11-15-3-7-22-13-20(15)21/h3,7,11-12,15-16,18-20,22H,1-2,4-6,8-10,13-14H2/p+1. The minimum absolute atomic E-state index is 0.413. The first kappa shape index (κ1) is 17.6. The summed E-state index contributed by atoms with van der Waals surface area (Å²) in [5, 5.41) is 4.41. The van der Waals surface area contributed by atoms with Crippen molar-refractivity contribution in [3.63, 3.8) is 0 Å². The maximum Gasteiger partial charge on any atom is 0.135 e. The summed E-state index contributed by atoms with van der Waals surface area (Å²) in [6.45, 7) is 3.43. The number of allylic oxidation sites excluding steroid dienone is 4. The van der Waals surface area contributed by atoms with Gasteiger partial charge in [-0.15, -0.1) is 4.31 Å². The summed E-state index contributed by atoms with van der Waals surface area (Å²) < 4.78 is 9.31. The van der Waals surface area contributed by atoms with Gasteiger partial charge in [0.15, 0.2) is 0 Å². The molecule has 3 nitrogen and oxygen atoms in total. The molecule has 142 valence electrons. The fourth-order valence-corrected chi connectivity index (χ4v) is 7.07. The van der Waals surface area contributed by atoms with E-state index in [0.717, 1.165) is 17.7 Å². The highest BCUT2D eigenvalue weighted by Gasteiger charge is 2.37. The normalized spacial score (nSPS) is 35.5. The number of nitrogens with zero attached hydrogens (tertiary/aromatic N) is 1. The molecular weight excluding hydrogens is 360 g/mol. The summed E-state index contributed by atoms with van der Waals surface area (Å²) in [5.74, 6) is 5.61. The molecule has 3 fully saturated rings. The van der Waals surface area contributed by atoms with Gasteiger partial charge in [0.2, 0.25) is 0 Å². The van der Waals surface area contributed by atoms with E-state index >= 15 is 0 Å². The van der Waals surface area contributed by atoms with Crippen LogP contribution in [-0.2, 0) is 16.7 Å². The molecule has 0 spiro atoms. The Morgan fingerprint density at radius 3 is 2.81 bits per heavy atom. The Balaban J connectivity index is 1.25. The minimum Gasteiger partial charge on any atom is -0.494 e. The van der Waals surface area contributed by atoms with E-state index in [4.69, 9.17) is 4.74 Å². The number of piperidine rings is 1. The van der Waals surface area contributed by atoms with E-state index < -0.39 is 0 Å². The van der Waals surface area contributed by atoms with E-state index in [0.29, 0.717) is 17.9 Å². The zero-order valence-corrected chi connectivity index (χ0v) is 17.2. The molecule has 0 aromatic heterocycles. The molecule has 5 heteroatoms. The lowest BCUT2D eigenvalue weighted by molar-refractivity contribution is 0.0506. The predicted octanol–water partition coefficient (Wildman–Crippen LogP) is 3.29. The third-order valence-corrected chi connectivity index (χ3v) is 9.03. The molecule has 26 heavy (non-hydrogen) atoms. The average Bonchev–Trinajstić information content (AvgIpc) is 3.31. The van der Waals surface area contributed by atoms with Crippen molar-refractivity contribution in [3.05, 3.63) is 35.8 Å². The van der Waals surface area contributed by atoms with Crippen LogP contribution in [0.25, 0.3) is 0 Å². The molecule has 0 aromatic rings. The lowest BCUT2D eigenvalue weighted by atomic mass is 9.79. The van der Waals surface area contributed by atoms with Crippen LogP contribution in [0.5, 0.6) is 0 Å². The van der Waals surface area contributed by atoms with Crippen LogP contribution >= 0.6 is 11.8 Å². The van der Waals surface area contributed by atoms with Gasteiger partial charge < -0.3 is 10.1 Å². The quantitative estimate of drug-likeness (QED) is 0.574. The maximum atomic E-state index is 6.67. The van der Waals surface area contributed by atoms with E-state index in [2.05, 4.69) is 45.8 Å². The van der Waals surface area contributed by atoms with E-state index in [1.807, 2.05) is 0 Å². The molecular formula is C21H31N2OS2+. The number of ether oxygens (including phenoxy) is 1. The van der Waals surface area contributed by atoms with Crippen molar-refractivity contribution in [3.8, 4) is 0 Å². The largest absolute Gasteiger partial charge is 0.494 e. The first-order valence-electron chi connectivity index (χ1n) is 10.4. The molecule has 2 aliphatic carbocycles. The number of fused-ring (bicyclic) bond motifs is 1. The second-order valence-corrected chi connectivity index (χ2v) is 11.0. The average molecular weight is 392 g/mol. The Kier molecular flexibility index (Phi) is 5.30. The van der Waals surface area contributed by atoms with Crippen molar-refractivity contribution in [2.75, 3.05) is 31.1 Å². The van der Waals surface area contributed by atoms with E-state index in [1.54, 1.807) is 17.5 Å². The van der Waals surface area contributed by atoms with Gasteiger partial charge in [0.05, 0.1) is 11.9 Å². The summed E-state index contributed by atoms with van der Waals surface area (Å²) in [6, 6.07) is 0. The van der Waals surface area contributed by atoms with Crippen LogP contribution < -0.4 is 5.32 Å². The molecule has 0 amide bonds. The predicted molar refractivity (Wildman–Crippen MR) is 113 cm³/mol. The molecule has 1 saturated carbocycles. The van der Waals surface area contributed by atoms with E-state index in [9.17, 15) is 0 Å². The maximum absolute atomic E-state index is 6.67. The Morgan fingerprint density at radius 2 is 2.04 bits per heavy atom. The van der Waals surface area contributed by atoms with Gasteiger partial charge >= 0.3 is 0 Å². The van der Waals surface area contributed by atoms with Crippen LogP contribution in [0.2, 0.25) is 0 Å². The van der Waals surface area contributed by atoms with E-state index in [-0.39, 0.29) is 0 Å². The molecule has 5 aliphatic rings. The molecule has 3 unspecified atom stereocenters. The summed E-state index contributed by atoms with van der Waals surface area (Å²) in [7, 11) is 0. The number of hydrogen-bond donors (Lipinski definition) is 1. The van der Waals surface area contributed by atoms with Gasteiger partial charge in [0.1, 0.15) is 17.1 Å². The fraction of sp³-hybridized carbons (Fsp3) is 0.714. The monoisotopic (exact) mass is 391 g/mol. The van der Waals surface area contributed by atoms with Crippen molar-refractivity contribution in [1.82, 2.24) is 9.62 Å². The third-order valence-electron chi connectivity index (χ3n) is 6.29. The SMILES string of the molecule is C1=CC2C=C(C3CCSC3)C=C(OC3CCN([SH+]C4CC4)CC3)C2CN1. The minimum atomic E-state index is 0.413. The zero-order valence-electron chi connectivity index (χ0n) is 15.5. The molecule has 1 N–H and O–H groups in total.